The van der Waals surface area contributed by atoms with Crippen molar-refractivity contribution < 1.29 is 19.2 Å². The van der Waals surface area contributed by atoms with E-state index in [0.29, 0.717) is 5.56 Å². The molecule has 2 aromatic rings. The number of carbonyl (C=O) groups is 2. The lowest BCUT2D eigenvalue weighted by Crippen LogP contribution is -2.09. The summed E-state index contributed by atoms with van der Waals surface area (Å²) in [7, 11) is 0. The second kappa shape index (κ2) is 4.44. The minimum atomic E-state index is -1.28. The lowest BCUT2D eigenvalue weighted by molar-refractivity contribution is 0.0682. The molecule has 1 heterocycles. The first-order valence-electron chi connectivity index (χ1n) is 5.31. The fraction of sp³-hybridized carbons (Fsp3) is 0.154. The van der Waals surface area contributed by atoms with E-state index in [1.165, 1.54) is 6.92 Å². The van der Waals surface area contributed by atoms with Gasteiger partial charge in [0.15, 0.2) is 5.78 Å². The largest absolute Gasteiger partial charge is 0.476 e. The Balaban J connectivity index is 2.49. The third-order valence-corrected chi connectivity index (χ3v) is 2.61. The van der Waals surface area contributed by atoms with Gasteiger partial charge in [-0.15, -0.1) is 0 Å². The summed E-state index contributed by atoms with van der Waals surface area (Å²) in [6.07, 6.45) is 0. The highest BCUT2D eigenvalue weighted by atomic mass is 16.5. The second-order valence-corrected chi connectivity index (χ2v) is 3.96. The number of rotatable bonds is 3. The minimum Gasteiger partial charge on any atom is -0.476 e. The van der Waals surface area contributed by atoms with Crippen molar-refractivity contribution >= 4 is 11.8 Å². The van der Waals surface area contributed by atoms with E-state index in [1.54, 1.807) is 24.3 Å². The lowest BCUT2D eigenvalue weighted by Gasteiger charge is -2.00. The molecule has 0 unspecified atom stereocenters. The van der Waals surface area contributed by atoms with Crippen molar-refractivity contribution in [1.82, 2.24) is 5.16 Å². The number of aromatic carboxylic acids is 1. The minimum absolute atomic E-state index is 0.00588. The van der Waals surface area contributed by atoms with Gasteiger partial charge in [0.2, 0.25) is 5.69 Å². The third kappa shape index (κ3) is 2.02. The van der Waals surface area contributed by atoms with E-state index in [-0.39, 0.29) is 17.0 Å². The number of carboxylic acids is 1. The van der Waals surface area contributed by atoms with Gasteiger partial charge in [0.05, 0.1) is 5.56 Å². The molecule has 2 rings (SSSR count). The zero-order chi connectivity index (χ0) is 13.3. The topological polar surface area (TPSA) is 80.4 Å². The zero-order valence-corrected chi connectivity index (χ0v) is 9.93. The maximum Gasteiger partial charge on any atom is 0.358 e. The van der Waals surface area contributed by atoms with Gasteiger partial charge < -0.3 is 9.63 Å². The van der Waals surface area contributed by atoms with Crippen LogP contribution in [0.3, 0.4) is 0 Å². The molecule has 18 heavy (non-hydrogen) atoms. The van der Waals surface area contributed by atoms with Crippen molar-refractivity contribution in [3.63, 3.8) is 0 Å². The zero-order valence-electron chi connectivity index (χ0n) is 9.93. The van der Waals surface area contributed by atoms with Crippen LogP contribution in [0.15, 0.2) is 28.8 Å². The molecular formula is C13H11NO4. The highest BCUT2D eigenvalue weighted by Gasteiger charge is 2.25. The van der Waals surface area contributed by atoms with Gasteiger partial charge in [0.1, 0.15) is 5.76 Å². The number of carbonyl (C=O) groups excluding carboxylic acids is 1. The van der Waals surface area contributed by atoms with Crippen molar-refractivity contribution in [2.75, 3.05) is 0 Å². The molecule has 5 heteroatoms. The molecular weight excluding hydrogens is 234 g/mol. The number of aromatic nitrogens is 1. The van der Waals surface area contributed by atoms with Crippen molar-refractivity contribution in [3.8, 4) is 0 Å². The Bertz CT molecular complexity index is 610. The number of hydrogen-bond donors (Lipinski definition) is 1. The molecule has 5 nitrogen and oxygen atoms in total. The maximum atomic E-state index is 12.2. The molecule has 0 aliphatic rings. The van der Waals surface area contributed by atoms with Crippen LogP contribution in [0.4, 0.5) is 0 Å². The Labute approximate surface area is 103 Å². The summed E-state index contributed by atoms with van der Waals surface area (Å²) in [4.78, 5) is 23.2. The first-order chi connectivity index (χ1) is 8.50. The quantitative estimate of drug-likeness (QED) is 0.838. The Kier molecular flexibility index (Phi) is 2.97. The van der Waals surface area contributed by atoms with E-state index in [0.717, 1.165) is 5.56 Å². The van der Waals surface area contributed by atoms with Gasteiger partial charge in [-0.1, -0.05) is 35.0 Å². The van der Waals surface area contributed by atoms with Gasteiger partial charge in [-0.2, -0.15) is 0 Å². The van der Waals surface area contributed by atoms with Crippen LogP contribution in [0.1, 0.15) is 37.7 Å². The summed E-state index contributed by atoms with van der Waals surface area (Å²) in [5, 5.41) is 12.3. The van der Waals surface area contributed by atoms with Gasteiger partial charge >= 0.3 is 5.97 Å². The second-order valence-electron chi connectivity index (χ2n) is 3.96. The number of hydrogen-bond acceptors (Lipinski definition) is 4. The lowest BCUT2D eigenvalue weighted by atomic mass is 10.0. The molecule has 0 saturated carbocycles. The smallest absolute Gasteiger partial charge is 0.358 e. The predicted molar refractivity (Wildman–Crippen MR) is 62.8 cm³/mol. The van der Waals surface area contributed by atoms with Crippen molar-refractivity contribution in [2.45, 2.75) is 13.8 Å². The third-order valence-electron chi connectivity index (χ3n) is 2.61. The molecule has 0 atom stereocenters. The standard InChI is InChI=1S/C13H11NO4/c1-7-3-5-9(6-4-7)12(15)10-8(2)18-14-11(10)13(16)17/h3-6H,1-2H3,(H,16,17). The summed E-state index contributed by atoms with van der Waals surface area (Å²) < 4.78 is 4.77. The number of nitrogens with zero attached hydrogens (tertiary/aromatic N) is 1. The van der Waals surface area contributed by atoms with E-state index in [1.807, 2.05) is 6.92 Å². The first kappa shape index (κ1) is 12.0. The Morgan fingerprint density at radius 2 is 1.78 bits per heavy atom. The van der Waals surface area contributed by atoms with Crippen LogP contribution in [-0.2, 0) is 0 Å². The Morgan fingerprint density at radius 1 is 1.17 bits per heavy atom. The van der Waals surface area contributed by atoms with Gasteiger partial charge in [0.25, 0.3) is 0 Å². The van der Waals surface area contributed by atoms with Crippen LogP contribution in [-0.4, -0.2) is 22.0 Å². The van der Waals surface area contributed by atoms with Gasteiger partial charge in [-0.05, 0) is 13.8 Å². The fourth-order valence-electron chi connectivity index (χ4n) is 1.63. The van der Waals surface area contributed by atoms with Gasteiger partial charge in [-0.25, -0.2) is 4.79 Å². The summed E-state index contributed by atoms with van der Waals surface area (Å²) in [6.45, 7) is 3.42. The van der Waals surface area contributed by atoms with E-state index in [4.69, 9.17) is 9.63 Å². The first-order valence-corrected chi connectivity index (χ1v) is 5.31. The SMILES string of the molecule is Cc1ccc(C(=O)c2c(C(=O)O)noc2C)cc1. The van der Waals surface area contributed by atoms with Crippen molar-refractivity contribution in [2.24, 2.45) is 0 Å². The molecule has 0 saturated heterocycles. The molecule has 1 aromatic carbocycles. The summed E-state index contributed by atoms with van der Waals surface area (Å²) in [5.74, 6) is -1.47. The molecule has 0 aliphatic carbocycles. The molecule has 1 aromatic heterocycles. The summed E-state index contributed by atoms with van der Waals surface area (Å²) in [6, 6.07) is 6.87. The molecule has 92 valence electrons. The fourth-order valence-corrected chi connectivity index (χ4v) is 1.63. The van der Waals surface area contributed by atoms with Crippen molar-refractivity contribution in [3.05, 3.63) is 52.4 Å². The van der Waals surface area contributed by atoms with Crippen LogP contribution in [0.2, 0.25) is 0 Å². The van der Waals surface area contributed by atoms with Crippen LogP contribution in [0, 0.1) is 13.8 Å². The van der Waals surface area contributed by atoms with E-state index in [9.17, 15) is 9.59 Å². The number of carboxylic acid groups (broad SMARTS) is 1. The molecule has 0 spiro atoms. The maximum absolute atomic E-state index is 12.2. The summed E-state index contributed by atoms with van der Waals surface area (Å²) in [5.41, 5.74) is 1.09. The van der Waals surface area contributed by atoms with Crippen LogP contribution in [0.25, 0.3) is 0 Å². The molecule has 0 bridgehead atoms. The van der Waals surface area contributed by atoms with Gasteiger partial charge in [-0.3, -0.25) is 4.79 Å². The van der Waals surface area contributed by atoms with Crippen LogP contribution in [0.5, 0.6) is 0 Å². The van der Waals surface area contributed by atoms with E-state index < -0.39 is 11.8 Å². The van der Waals surface area contributed by atoms with Crippen LogP contribution >= 0.6 is 0 Å². The monoisotopic (exact) mass is 245 g/mol. The molecule has 0 amide bonds. The van der Waals surface area contributed by atoms with Gasteiger partial charge in [0, 0.05) is 5.56 Å². The number of benzene rings is 1. The average Bonchev–Trinajstić information content (AvgIpc) is 2.71. The average molecular weight is 245 g/mol. The Morgan fingerprint density at radius 3 is 2.33 bits per heavy atom. The van der Waals surface area contributed by atoms with E-state index >= 15 is 0 Å². The van der Waals surface area contributed by atoms with E-state index in [2.05, 4.69) is 5.16 Å². The highest BCUT2D eigenvalue weighted by Crippen LogP contribution is 2.18. The number of aryl methyl sites for hydroxylation is 2. The van der Waals surface area contributed by atoms with Crippen LogP contribution < -0.4 is 0 Å². The number of ketones is 1. The molecule has 0 radical (unpaired) electrons. The summed E-state index contributed by atoms with van der Waals surface area (Å²) >= 11 is 0. The molecule has 0 fully saturated rings. The Hall–Kier alpha value is -2.43. The van der Waals surface area contributed by atoms with Crippen molar-refractivity contribution in [1.29, 1.82) is 0 Å². The predicted octanol–water partition coefficient (Wildman–Crippen LogP) is 2.22. The molecule has 1 N–H and O–H groups in total. The normalized spacial score (nSPS) is 10.3. The highest BCUT2D eigenvalue weighted by molar-refractivity contribution is 6.14. The molecule has 0 aliphatic heterocycles.